The van der Waals surface area contributed by atoms with E-state index in [1.54, 1.807) is 6.33 Å². The maximum absolute atomic E-state index is 5.46. The molecule has 1 aromatic heterocycles. The molecule has 0 aromatic carbocycles. The van der Waals surface area contributed by atoms with Crippen molar-refractivity contribution in [1.29, 1.82) is 0 Å². The average molecular weight is 233 g/mol. The molecule has 1 fully saturated rings. The molecule has 92 valence electrons. The fourth-order valence-electron chi connectivity index (χ4n) is 2.81. The topological polar surface area (TPSA) is 38.2 Å². The molecule has 3 rings (SSSR count). The van der Waals surface area contributed by atoms with Gasteiger partial charge in [-0.25, -0.2) is 9.97 Å². The molecular weight excluding hydrogens is 214 g/mol. The summed E-state index contributed by atoms with van der Waals surface area (Å²) in [7, 11) is 2.14. The molecule has 0 N–H and O–H groups in total. The highest BCUT2D eigenvalue weighted by Gasteiger charge is 2.25. The smallest absolute Gasteiger partial charge is 0.135 e. The molecule has 0 bridgehead atoms. The highest BCUT2D eigenvalue weighted by atomic mass is 16.5. The predicted octanol–water partition coefficient (Wildman–Crippen LogP) is 1.58. The van der Waals surface area contributed by atoms with Gasteiger partial charge in [0.25, 0.3) is 0 Å². The lowest BCUT2D eigenvalue weighted by Gasteiger charge is -2.28. The third kappa shape index (κ3) is 2.02. The van der Waals surface area contributed by atoms with Crippen LogP contribution >= 0.6 is 0 Å². The van der Waals surface area contributed by atoms with Gasteiger partial charge in [-0.05, 0) is 32.1 Å². The number of anilines is 1. The molecule has 2 aliphatic rings. The van der Waals surface area contributed by atoms with Gasteiger partial charge in [-0.1, -0.05) is 0 Å². The summed E-state index contributed by atoms with van der Waals surface area (Å²) in [5.41, 5.74) is 2.63. The molecule has 1 aromatic rings. The van der Waals surface area contributed by atoms with Gasteiger partial charge in [0.05, 0.1) is 12.6 Å². The average Bonchev–Trinajstić information content (AvgIpc) is 2.91. The first kappa shape index (κ1) is 11.0. The second-order valence-electron chi connectivity index (χ2n) is 4.96. The van der Waals surface area contributed by atoms with Crippen molar-refractivity contribution in [3.05, 3.63) is 17.6 Å². The number of likely N-dealkylation sites (N-methyl/N-ethyl adjacent to an activating group) is 1. The van der Waals surface area contributed by atoms with Crippen LogP contribution in [0, 0.1) is 0 Å². The lowest BCUT2D eigenvalue weighted by molar-refractivity contribution is 0.193. The van der Waals surface area contributed by atoms with Crippen molar-refractivity contribution in [2.75, 3.05) is 25.2 Å². The number of nitrogens with zero attached hydrogens (tertiary/aromatic N) is 3. The van der Waals surface area contributed by atoms with Gasteiger partial charge in [-0.3, -0.25) is 0 Å². The lowest BCUT2D eigenvalue weighted by Crippen LogP contribution is -2.34. The zero-order valence-electron chi connectivity index (χ0n) is 10.4. The molecular formula is C13H19N3O. The quantitative estimate of drug-likeness (QED) is 0.777. The fourth-order valence-corrected chi connectivity index (χ4v) is 2.81. The highest BCUT2D eigenvalue weighted by Crippen LogP contribution is 2.28. The van der Waals surface area contributed by atoms with Crippen molar-refractivity contribution in [2.45, 2.75) is 38.1 Å². The monoisotopic (exact) mass is 233 g/mol. The van der Waals surface area contributed by atoms with Crippen molar-refractivity contribution in [1.82, 2.24) is 9.97 Å². The molecule has 2 heterocycles. The second-order valence-corrected chi connectivity index (χ2v) is 4.96. The van der Waals surface area contributed by atoms with Gasteiger partial charge < -0.3 is 9.64 Å². The highest BCUT2D eigenvalue weighted by molar-refractivity contribution is 5.49. The van der Waals surface area contributed by atoms with Gasteiger partial charge >= 0.3 is 0 Å². The lowest BCUT2D eigenvalue weighted by atomic mass is 9.96. The first-order valence-electron chi connectivity index (χ1n) is 6.49. The van der Waals surface area contributed by atoms with E-state index in [0.29, 0.717) is 6.04 Å². The third-order valence-corrected chi connectivity index (χ3v) is 3.89. The van der Waals surface area contributed by atoms with Crippen molar-refractivity contribution in [3.63, 3.8) is 0 Å². The Balaban J connectivity index is 1.91. The Hall–Kier alpha value is -1.16. The Bertz CT molecular complexity index is 402. The zero-order chi connectivity index (χ0) is 11.7. The van der Waals surface area contributed by atoms with Crippen molar-refractivity contribution >= 4 is 5.82 Å². The molecule has 1 aliphatic carbocycles. The molecule has 17 heavy (non-hydrogen) atoms. The standard InChI is InChI=1S/C13H19N3O/c1-16(10-6-7-17-8-10)13-11-4-2-3-5-12(11)14-9-15-13/h9-10H,2-8H2,1H3. The minimum atomic E-state index is 0.482. The van der Waals surface area contributed by atoms with Gasteiger partial charge in [0.15, 0.2) is 0 Å². The van der Waals surface area contributed by atoms with Crippen LogP contribution in [0.3, 0.4) is 0 Å². The number of aryl methyl sites for hydroxylation is 1. The van der Waals surface area contributed by atoms with Crippen LogP contribution < -0.4 is 4.90 Å². The zero-order valence-corrected chi connectivity index (χ0v) is 10.4. The van der Waals surface area contributed by atoms with E-state index in [2.05, 4.69) is 21.9 Å². The molecule has 1 saturated heterocycles. The van der Waals surface area contributed by atoms with Crippen LogP contribution in [-0.4, -0.2) is 36.3 Å². The number of fused-ring (bicyclic) bond motifs is 1. The van der Waals surface area contributed by atoms with E-state index in [-0.39, 0.29) is 0 Å². The van der Waals surface area contributed by atoms with Crippen LogP contribution in [0.25, 0.3) is 0 Å². The van der Waals surface area contributed by atoms with Gasteiger partial charge in [0, 0.05) is 24.9 Å². The van der Waals surface area contributed by atoms with Crippen LogP contribution in [-0.2, 0) is 17.6 Å². The molecule has 0 spiro atoms. The Kier molecular flexibility index (Phi) is 2.97. The van der Waals surface area contributed by atoms with Crippen LogP contribution in [0.15, 0.2) is 6.33 Å². The minimum Gasteiger partial charge on any atom is -0.379 e. The van der Waals surface area contributed by atoms with Crippen molar-refractivity contribution in [2.24, 2.45) is 0 Å². The van der Waals surface area contributed by atoms with Crippen molar-refractivity contribution < 1.29 is 4.74 Å². The molecule has 4 nitrogen and oxygen atoms in total. The molecule has 4 heteroatoms. The minimum absolute atomic E-state index is 0.482. The summed E-state index contributed by atoms with van der Waals surface area (Å²) >= 11 is 0. The fraction of sp³-hybridized carbons (Fsp3) is 0.692. The van der Waals surface area contributed by atoms with Gasteiger partial charge in [-0.15, -0.1) is 0 Å². The van der Waals surface area contributed by atoms with E-state index < -0.39 is 0 Å². The summed E-state index contributed by atoms with van der Waals surface area (Å²) in [5, 5.41) is 0. The molecule has 1 unspecified atom stereocenters. The summed E-state index contributed by atoms with van der Waals surface area (Å²) < 4.78 is 5.46. The molecule has 1 atom stereocenters. The van der Waals surface area contributed by atoms with Crippen LogP contribution in [0.4, 0.5) is 5.82 Å². The Morgan fingerprint density at radius 1 is 1.29 bits per heavy atom. The number of rotatable bonds is 2. The molecule has 0 saturated carbocycles. The SMILES string of the molecule is CN(c1ncnc2c1CCCC2)C1CCOC1. The number of hydrogen-bond acceptors (Lipinski definition) is 4. The van der Waals surface area contributed by atoms with Gasteiger partial charge in [-0.2, -0.15) is 0 Å². The maximum atomic E-state index is 5.46. The summed E-state index contributed by atoms with van der Waals surface area (Å²) in [4.78, 5) is 11.2. The molecule has 0 amide bonds. The van der Waals surface area contributed by atoms with Crippen LogP contribution in [0.5, 0.6) is 0 Å². The Morgan fingerprint density at radius 2 is 2.18 bits per heavy atom. The van der Waals surface area contributed by atoms with E-state index in [9.17, 15) is 0 Å². The van der Waals surface area contributed by atoms with E-state index in [0.717, 1.165) is 38.3 Å². The molecule has 0 radical (unpaired) electrons. The van der Waals surface area contributed by atoms with E-state index in [4.69, 9.17) is 4.74 Å². The van der Waals surface area contributed by atoms with E-state index in [1.165, 1.54) is 24.1 Å². The van der Waals surface area contributed by atoms with Crippen LogP contribution in [0.2, 0.25) is 0 Å². The summed E-state index contributed by atoms with van der Waals surface area (Å²) in [6.07, 6.45) is 7.59. The maximum Gasteiger partial charge on any atom is 0.135 e. The van der Waals surface area contributed by atoms with Crippen LogP contribution in [0.1, 0.15) is 30.5 Å². The Morgan fingerprint density at radius 3 is 3.00 bits per heavy atom. The normalized spacial score (nSPS) is 23.5. The Labute approximate surface area is 102 Å². The number of ether oxygens (including phenoxy) is 1. The van der Waals surface area contributed by atoms with E-state index >= 15 is 0 Å². The summed E-state index contributed by atoms with van der Waals surface area (Å²) in [6.45, 7) is 1.71. The van der Waals surface area contributed by atoms with E-state index in [1.807, 2.05) is 0 Å². The first-order valence-corrected chi connectivity index (χ1v) is 6.49. The third-order valence-electron chi connectivity index (χ3n) is 3.89. The molecule has 1 aliphatic heterocycles. The predicted molar refractivity (Wildman–Crippen MR) is 66.3 cm³/mol. The number of aromatic nitrogens is 2. The van der Waals surface area contributed by atoms with Gasteiger partial charge in [0.2, 0.25) is 0 Å². The largest absolute Gasteiger partial charge is 0.379 e. The number of hydrogen-bond donors (Lipinski definition) is 0. The summed E-state index contributed by atoms with van der Waals surface area (Å²) in [6, 6.07) is 0.482. The van der Waals surface area contributed by atoms with Gasteiger partial charge in [0.1, 0.15) is 12.1 Å². The second kappa shape index (κ2) is 4.61. The first-order chi connectivity index (χ1) is 8.36. The van der Waals surface area contributed by atoms with Crippen molar-refractivity contribution in [3.8, 4) is 0 Å². The summed E-state index contributed by atoms with van der Waals surface area (Å²) in [5.74, 6) is 1.13.